The van der Waals surface area contributed by atoms with Crippen LogP contribution in [0.4, 0.5) is 0 Å². The van der Waals surface area contributed by atoms with E-state index in [-0.39, 0.29) is 11.6 Å². The van der Waals surface area contributed by atoms with Crippen molar-refractivity contribution >= 4 is 0 Å². The van der Waals surface area contributed by atoms with Crippen LogP contribution >= 0.6 is 0 Å². The van der Waals surface area contributed by atoms with Crippen LogP contribution in [-0.2, 0) is 12.1 Å². The van der Waals surface area contributed by atoms with E-state index in [1.54, 1.807) is 0 Å². The molecule has 0 spiro atoms. The van der Waals surface area contributed by atoms with E-state index in [4.69, 9.17) is 0 Å². The van der Waals surface area contributed by atoms with Crippen molar-refractivity contribution in [3.8, 4) is 0 Å². The minimum atomic E-state index is -0.145. The van der Waals surface area contributed by atoms with Crippen molar-refractivity contribution in [2.24, 2.45) is 0 Å². The number of rotatable bonds is 8. The van der Waals surface area contributed by atoms with E-state index in [1.807, 2.05) is 4.68 Å². The summed E-state index contributed by atoms with van der Waals surface area (Å²) < 4.78 is 2.01. The van der Waals surface area contributed by atoms with E-state index in [0.717, 1.165) is 25.3 Å². The molecule has 0 saturated heterocycles. The molecule has 0 fully saturated rings. The molecule has 1 heterocycles. The summed E-state index contributed by atoms with van der Waals surface area (Å²) in [6.45, 7) is 12.6. The molecule has 0 amide bonds. The molecule has 1 atom stereocenters. The van der Waals surface area contributed by atoms with Crippen molar-refractivity contribution in [3.63, 3.8) is 0 Å². The summed E-state index contributed by atoms with van der Waals surface area (Å²) in [4.78, 5) is 2.44. The van der Waals surface area contributed by atoms with E-state index < -0.39 is 0 Å². The molecule has 0 unspecified atom stereocenters. The summed E-state index contributed by atoms with van der Waals surface area (Å²) in [5.41, 5.74) is 3.61. The minimum absolute atomic E-state index is 0.00775. The fourth-order valence-electron chi connectivity index (χ4n) is 3.42. The first-order valence-electron chi connectivity index (χ1n) is 10.1. The second-order valence-electron chi connectivity index (χ2n) is 7.98. The van der Waals surface area contributed by atoms with Gasteiger partial charge in [-0.2, -0.15) is 0 Å². The molecule has 0 radical (unpaired) electrons. The largest absolute Gasteiger partial charge is 0.286 e. The molecule has 0 bridgehead atoms. The molecule has 148 valence electrons. The average molecular weight is 378 g/mol. The number of hydrogen-bond acceptors (Lipinski definition) is 4. The second-order valence-corrected chi connectivity index (χ2v) is 7.98. The summed E-state index contributed by atoms with van der Waals surface area (Å²) in [6, 6.07) is 19.3. The van der Waals surface area contributed by atoms with Gasteiger partial charge in [-0.1, -0.05) is 74.0 Å². The van der Waals surface area contributed by atoms with Crippen molar-refractivity contribution in [3.05, 3.63) is 77.1 Å². The average Bonchev–Trinajstić information content (AvgIpc) is 3.20. The Kier molecular flexibility index (Phi) is 6.25. The molecule has 0 saturated carbocycles. The first kappa shape index (κ1) is 20.2. The predicted molar refractivity (Wildman–Crippen MR) is 113 cm³/mol. The Morgan fingerprint density at radius 2 is 1.68 bits per heavy atom. The highest BCUT2D eigenvalue weighted by Crippen LogP contribution is 2.31. The third-order valence-electron chi connectivity index (χ3n) is 5.57. The molecule has 5 heteroatoms. The highest BCUT2D eigenvalue weighted by atomic mass is 15.6. The van der Waals surface area contributed by atoms with Crippen LogP contribution in [0.2, 0.25) is 0 Å². The third kappa shape index (κ3) is 4.30. The molecule has 0 N–H and O–H groups in total. The number of benzene rings is 2. The number of nitrogens with zero attached hydrogens (tertiary/aromatic N) is 5. The molecule has 5 nitrogen and oxygen atoms in total. The van der Waals surface area contributed by atoms with Gasteiger partial charge in [-0.15, -0.1) is 5.10 Å². The monoisotopic (exact) mass is 377 g/mol. The Morgan fingerprint density at radius 1 is 1.00 bits per heavy atom. The zero-order valence-electron chi connectivity index (χ0n) is 17.6. The summed E-state index contributed by atoms with van der Waals surface area (Å²) in [7, 11) is 0. The molecule has 3 aromatic rings. The van der Waals surface area contributed by atoms with Crippen molar-refractivity contribution in [1.82, 2.24) is 25.1 Å². The zero-order valence-corrected chi connectivity index (χ0v) is 17.6. The van der Waals surface area contributed by atoms with Crippen molar-refractivity contribution in [2.75, 3.05) is 6.54 Å². The molecule has 3 rings (SSSR count). The fraction of sp³-hybridized carbons (Fsp3) is 0.435. The van der Waals surface area contributed by atoms with Crippen LogP contribution in [0.5, 0.6) is 0 Å². The van der Waals surface area contributed by atoms with Crippen molar-refractivity contribution < 1.29 is 0 Å². The topological polar surface area (TPSA) is 46.8 Å². The lowest BCUT2D eigenvalue weighted by Crippen LogP contribution is -2.36. The Labute approximate surface area is 168 Å². The molecule has 0 aliphatic carbocycles. The van der Waals surface area contributed by atoms with Gasteiger partial charge < -0.3 is 0 Å². The van der Waals surface area contributed by atoms with E-state index in [9.17, 15) is 0 Å². The summed E-state index contributed by atoms with van der Waals surface area (Å²) in [5, 5.41) is 12.9. The Balaban J connectivity index is 2.08. The van der Waals surface area contributed by atoms with Crippen LogP contribution in [0.25, 0.3) is 0 Å². The fourth-order valence-corrected chi connectivity index (χ4v) is 3.42. The lowest BCUT2D eigenvalue weighted by atomic mass is 9.98. The highest BCUT2D eigenvalue weighted by molar-refractivity contribution is 5.29. The van der Waals surface area contributed by atoms with Gasteiger partial charge in [0.2, 0.25) is 0 Å². The lowest BCUT2D eigenvalue weighted by Gasteiger charge is -2.33. The number of aromatic nitrogens is 4. The van der Waals surface area contributed by atoms with Crippen molar-refractivity contribution in [1.29, 1.82) is 0 Å². The molecule has 0 aliphatic rings. The van der Waals surface area contributed by atoms with Gasteiger partial charge in [0.25, 0.3) is 0 Å². The second kappa shape index (κ2) is 8.65. The third-order valence-corrected chi connectivity index (χ3v) is 5.57. The van der Waals surface area contributed by atoms with Gasteiger partial charge in [0, 0.05) is 6.54 Å². The van der Waals surface area contributed by atoms with Crippen LogP contribution in [0.1, 0.15) is 62.7 Å². The lowest BCUT2D eigenvalue weighted by molar-refractivity contribution is 0.198. The van der Waals surface area contributed by atoms with Gasteiger partial charge in [0.05, 0.1) is 11.6 Å². The first-order chi connectivity index (χ1) is 13.5. The minimum Gasteiger partial charge on any atom is -0.286 e. The van der Waals surface area contributed by atoms with E-state index >= 15 is 0 Å². The van der Waals surface area contributed by atoms with Crippen molar-refractivity contribution in [2.45, 2.75) is 59.2 Å². The zero-order chi connectivity index (χ0) is 20.1. The Morgan fingerprint density at radius 3 is 2.29 bits per heavy atom. The van der Waals surface area contributed by atoms with Crippen LogP contribution in [-0.4, -0.2) is 31.7 Å². The smallest absolute Gasteiger partial charge is 0.173 e. The summed E-state index contributed by atoms with van der Waals surface area (Å²) in [5.74, 6) is 0.897. The predicted octanol–water partition coefficient (Wildman–Crippen LogP) is 4.74. The Hall–Kier alpha value is -2.53. The van der Waals surface area contributed by atoms with Gasteiger partial charge in [0.15, 0.2) is 5.82 Å². The van der Waals surface area contributed by atoms with Gasteiger partial charge in [0.1, 0.15) is 0 Å². The maximum Gasteiger partial charge on any atom is 0.173 e. The standard InChI is InChI=1S/C23H31N5/c1-6-23(4,5)28-22(24-25-26-28)21(20-15-13-18(3)14-16-20)27(7-2)17-19-11-9-8-10-12-19/h8-16,21H,6-7,17H2,1-5H3/t21-/m0/s1. The maximum absolute atomic E-state index is 4.50. The Bertz CT molecular complexity index is 868. The SMILES string of the molecule is CCN(Cc1ccccc1)[C@@H](c1ccc(C)cc1)c1nnnn1C(C)(C)CC. The van der Waals surface area contributed by atoms with Crippen LogP contribution in [0, 0.1) is 6.92 Å². The van der Waals surface area contributed by atoms with E-state index in [0.29, 0.717) is 0 Å². The van der Waals surface area contributed by atoms with Gasteiger partial charge in [-0.3, -0.25) is 4.90 Å². The van der Waals surface area contributed by atoms with E-state index in [2.05, 4.69) is 110 Å². The molecule has 1 aromatic heterocycles. The van der Waals surface area contributed by atoms with E-state index in [1.165, 1.54) is 16.7 Å². The number of aryl methyl sites for hydroxylation is 1. The van der Waals surface area contributed by atoms with Crippen LogP contribution < -0.4 is 0 Å². The molecular formula is C23H31N5. The molecule has 0 aliphatic heterocycles. The number of hydrogen-bond donors (Lipinski definition) is 0. The van der Waals surface area contributed by atoms with Crippen LogP contribution in [0.15, 0.2) is 54.6 Å². The normalized spacial score (nSPS) is 13.1. The summed E-state index contributed by atoms with van der Waals surface area (Å²) >= 11 is 0. The highest BCUT2D eigenvalue weighted by Gasteiger charge is 2.32. The van der Waals surface area contributed by atoms with Gasteiger partial charge in [-0.25, -0.2) is 4.68 Å². The molecule has 2 aromatic carbocycles. The summed E-state index contributed by atoms with van der Waals surface area (Å²) in [6.07, 6.45) is 0.955. The first-order valence-corrected chi connectivity index (χ1v) is 10.1. The maximum atomic E-state index is 4.50. The van der Waals surface area contributed by atoms with Gasteiger partial charge >= 0.3 is 0 Å². The van der Waals surface area contributed by atoms with Gasteiger partial charge in [-0.05, 0) is 55.3 Å². The quantitative estimate of drug-likeness (QED) is 0.569. The number of tetrazole rings is 1. The molecular weight excluding hydrogens is 346 g/mol. The van der Waals surface area contributed by atoms with Crippen LogP contribution in [0.3, 0.4) is 0 Å². The molecule has 28 heavy (non-hydrogen) atoms.